The molecule has 3 N–H and O–H groups in total. The van der Waals surface area contributed by atoms with Crippen LogP contribution in [0.3, 0.4) is 0 Å². The standard InChI is InChI=1S/C19H27N3O2S/c1-2-3-12-20-18(24)15-10-6-7-11-16(15)21-19(25)22-17(23)13-14-8-4-5-9-14/h6-7,10-11,14H,2-5,8-9,12-13H2,1H3,(H,20,24)(H2,21,22,23,25). The highest BCUT2D eigenvalue weighted by Gasteiger charge is 2.19. The highest BCUT2D eigenvalue weighted by Crippen LogP contribution is 2.27. The highest BCUT2D eigenvalue weighted by atomic mass is 32.1. The zero-order chi connectivity index (χ0) is 18.1. The van der Waals surface area contributed by atoms with Gasteiger partial charge in [0.05, 0.1) is 11.3 Å². The molecule has 5 nitrogen and oxygen atoms in total. The summed E-state index contributed by atoms with van der Waals surface area (Å²) in [6.07, 6.45) is 7.14. The molecule has 2 rings (SSSR count). The van der Waals surface area contributed by atoms with Gasteiger partial charge >= 0.3 is 0 Å². The zero-order valence-electron chi connectivity index (χ0n) is 14.8. The van der Waals surface area contributed by atoms with Gasteiger partial charge in [0.1, 0.15) is 0 Å². The fourth-order valence-corrected chi connectivity index (χ4v) is 3.30. The normalized spacial score (nSPS) is 14.1. The Morgan fingerprint density at radius 1 is 1.20 bits per heavy atom. The van der Waals surface area contributed by atoms with Crippen molar-refractivity contribution in [2.45, 2.75) is 51.9 Å². The predicted octanol–water partition coefficient (Wildman–Crippen LogP) is 3.61. The van der Waals surface area contributed by atoms with Crippen molar-refractivity contribution in [2.75, 3.05) is 11.9 Å². The lowest BCUT2D eigenvalue weighted by molar-refractivity contribution is -0.120. The van der Waals surface area contributed by atoms with Crippen LogP contribution in [0.1, 0.15) is 62.2 Å². The molecular formula is C19H27N3O2S. The molecule has 1 fully saturated rings. The van der Waals surface area contributed by atoms with E-state index in [9.17, 15) is 9.59 Å². The van der Waals surface area contributed by atoms with Crippen molar-refractivity contribution < 1.29 is 9.59 Å². The van der Waals surface area contributed by atoms with Gasteiger partial charge in [0.25, 0.3) is 5.91 Å². The van der Waals surface area contributed by atoms with Crippen molar-refractivity contribution in [1.82, 2.24) is 10.6 Å². The van der Waals surface area contributed by atoms with Crippen LogP contribution in [-0.4, -0.2) is 23.5 Å². The topological polar surface area (TPSA) is 70.2 Å². The number of benzene rings is 1. The summed E-state index contributed by atoms with van der Waals surface area (Å²) in [5, 5.41) is 8.83. The molecule has 136 valence electrons. The lowest BCUT2D eigenvalue weighted by Gasteiger charge is -2.14. The molecule has 1 saturated carbocycles. The number of unbranched alkanes of at least 4 members (excludes halogenated alkanes) is 1. The van der Waals surface area contributed by atoms with E-state index in [2.05, 4.69) is 22.9 Å². The number of hydrogen-bond donors (Lipinski definition) is 3. The van der Waals surface area contributed by atoms with Crippen molar-refractivity contribution >= 4 is 34.8 Å². The lowest BCUT2D eigenvalue weighted by atomic mass is 10.0. The second kappa shape index (κ2) is 10.1. The van der Waals surface area contributed by atoms with Crippen molar-refractivity contribution in [3.63, 3.8) is 0 Å². The minimum atomic E-state index is -0.142. The first-order valence-corrected chi connectivity index (χ1v) is 9.49. The highest BCUT2D eigenvalue weighted by molar-refractivity contribution is 7.80. The van der Waals surface area contributed by atoms with E-state index in [4.69, 9.17) is 12.2 Å². The molecule has 0 atom stereocenters. The van der Waals surface area contributed by atoms with Crippen molar-refractivity contribution in [2.24, 2.45) is 5.92 Å². The fourth-order valence-electron chi connectivity index (χ4n) is 3.07. The Balaban J connectivity index is 1.89. The fraction of sp³-hybridized carbons (Fsp3) is 0.526. The molecule has 1 aliphatic carbocycles. The average Bonchev–Trinajstić information content (AvgIpc) is 3.08. The molecule has 0 unspecified atom stereocenters. The van der Waals surface area contributed by atoms with Gasteiger partial charge in [0.15, 0.2) is 5.11 Å². The van der Waals surface area contributed by atoms with Crippen LogP contribution in [0.4, 0.5) is 5.69 Å². The molecule has 0 bridgehead atoms. The zero-order valence-corrected chi connectivity index (χ0v) is 15.6. The van der Waals surface area contributed by atoms with Crippen LogP contribution in [0.25, 0.3) is 0 Å². The summed E-state index contributed by atoms with van der Waals surface area (Å²) in [6.45, 7) is 2.72. The first kappa shape index (κ1) is 19.4. The Labute approximate surface area is 155 Å². The van der Waals surface area contributed by atoms with Crippen molar-refractivity contribution in [3.05, 3.63) is 29.8 Å². The molecule has 0 aliphatic heterocycles. The number of anilines is 1. The van der Waals surface area contributed by atoms with Gasteiger partial charge in [0.2, 0.25) is 5.91 Å². The number of carbonyl (C=O) groups is 2. The second-order valence-corrected chi connectivity index (χ2v) is 6.92. The number of rotatable bonds is 7. The Morgan fingerprint density at radius 2 is 1.92 bits per heavy atom. The maximum Gasteiger partial charge on any atom is 0.253 e. The summed E-state index contributed by atoms with van der Waals surface area (Å²) in [6, 6.07) is 7.16. The third-order valence-electron chi connectivity index (χ3n) is 4.44. The molecule has 1 aromatic rings. The van der Waals surface area contributed by atoms with Gasteiger partial charge < -0.3 is 16.0 Å². The largest absolute Gasteiger partial charge is 0.352 e. The summed E-state index contributed by atoms with van der Waals surface area (Å²) >= 11 is 5.23. The van der Waals surface area contributed by atoms with Crippen LogP contribution in [0.15, 0.2) is 24.3 Å². The number of para-hydroxylation sites is 1. The summed E-state index contributed by atoms with van der Waals surface area (Å²) in [5.41, 5.74) is 1.12. The molecule has 1 aromatic carbocycles. The van der Waals surface area contributed by atoms with Crippen molar-refractivity contribution in [1.29, 1.82) is 0 Å². The van der Waals surface area contributed by atoms with Crippen LogP contribution >= 0.6 is 12.2 Å². The molecule has 0 spiro atoms. The van der Waals surface area contributed by atoms with Crippen LogP contribution in [-0.2, 0) is 4.79 Å². The maximum atomic E-state index is 12.3. The summed E-state index contributed by atoms with van der Waals surface area (Å²) in [4.78, 5) is 24.4. The van der Waals surface area contributed by atoms with Crippen molar-refractivity contribution in [3.8, 4) is 0 Å². The molecule has 25 heavy (non-hydrogen) atoms. The first-order valence-electron chi connectivity index (χ1n) is 9.08. The number of thiocarbonyl (C=S) groups is 1. The van der Waals surface area contributed by atoms with E-state index in [1.807, 2.05) is 12.1 Å². The molecule has 0 saturated heterocycles. The number of nitrogens with one attached hydrogen (secondary N) is 3. The van der Waals surface area contributed by atoms with E-state index >= 15 is 0 Å². The summed E-state index contributed by atoms with van der Waals surface area (Å²) in [7, 11) is 0. The molecule has 2 amide bonds. The minimum Gasteiger partial charge on any atom is -0.352 e. The van der Waals surface area contributed by atoms with E-state index in [0.29, 0.717) is 30.1 Å². The van der Waals surface area contributed by atoms with E-state index in [-0.39, 0.29) is 16.9 Å². The second-order valence-electron chi connectivity index (χ2n) is 6.51. The maximum absolute atomic E-state index is 12.3. The number of carbonyl (C=O) groups excluding carboxylic acids is 2. The van der Waals surface area contributed by atoms with Gasteiger partial charge in [-0.1, -0.05) is 38.3 Å². The lowest BCUT2D eigenvalue weighted by Crippen LogP contribution is -2.35. The van der Waals surface area contributed by atoms with Crippen LogP contribution in [0, 0.1) is 5.92 Å². The summed E-state index contributed by atoms with van der Waals surface area (Å²) in [5.74, 6) is 0.269. The van der Waals surface area contributed by atoms with E-state index in [1.165, 1.54) is 12.8 Å². The van der Waals surface area contributed by atoms with Gasteiger partial charge in [-0.15, -0.1) is 0 Å². The first-order chi connectivity index (χ1) is 12.1. The molecule has 0 aromatic heterocycles. The van der Waals surface area contributed by atoms with Crippen LogP contribution in [0.5, 0.6) is 0 Å². The number of amides is 2. The quantitative estimate of drug-likeness (QED) is 0.512. The Kier molecular flexibility index (Phi) is 7.85. The molecule has 1 aliphatic rings. The van der Waals surface area contributed by atoms with Gasteiger partial charge in [0, 0.05) is 13.0 Å². The third kappa shape index (κ3) is 6.46. The molecule has 0 radical (unpaired) electrons. The molecule has 0 heterocycles. The van der Waals surface area contributed by atoms with Crippen LogP contribution < -0.4 is 16.0 Å². The van der Waals surface area contributed by atoms with Gasteiger partial charge in [-0.3, -0.25) is 9.59 Å². The molecular weight excluding hydrogens is 334 g/mol. The van der Waals surface area contributed by atoms with E-state index < -0.39 is 0 Å². The Morgan fingerprint density at radius 3 is 2.64 bits per heavy atom. The van der Waals surface area contributed by atoms with Gasteiger partial charge in [-0.25, -0.2) is 0 Å². The van der Waals surface area contributed by atoms with Gasteiger partial charge in [-0.2, -0.15) is 0 Å². The number of hydrogen-bond acceptors (Lipinski definition) is 3. The Hall–Kier alpha value is -1.95. The minimum absolute atomic E-state index is 0.0609. The SMILES string of the molecule is CCCCNC(=O)c1ccccc1NC(=S)NC(=O)CC1CCCC1. The average molecular weight is 362 g/mol. The van der Waals surface area contributed by atoms with E-state index in [0.717, 1.165) is 25.7 Å². The Bertz CT molecular complexity index is 612. The predicted molar refractivity (Wildman–Crippen MR) is 105 cm³/mol. The third-order valence-corrected chi connectivity index (χ3v) is 4.64. The smallest absolute Gasteiger partial charge is 0.253 e. The summed E-state index contributed by atoms with van der Waals surface area (Å²) < 4.78 is 0. The van der Waals surface area contributed by atoms with E-state index in [1.54, 1.807) is 12.1 Å². The monoisotopic (exact) mass is 361 g/mol. The van der Waals surface area contributed by atoms with Crippen LogP contribution in [0.2, 0.25) is 0 Å². The van der Waals surface area contributed by atoms with Gasteiger partial charge in [-0.05, 0) is 49.5 Å². The molecule has 6 heteroatoms.